The minimum Gasteiger partial charge on any atom is -0.460 e. The zero-order chi connectivity index (χ0) is 14.6. The second kappa shape index (κ2) is 6.26. The van der Waals surface area contributed by atoms with E-state index < -0.39 is 11.7 Å². The number of rotatable bonds is 4. The highest BCUT2D eigenvalue weighted by atomic mass is 16.6. The maximum Gasteiger partial charge on any atom is 0.408 e. The second-order valence-corrected chi connectivity index (χ2v) is 6.45. The van der Waals surface area contributed by atoms with Gasteiger partial charge in [0.25, 0.3) is 0 Å². The molecule has 2 atom stereocenters. The summed E-state index contributed by atoms with van der Waals surface area (Å²) in [5, 5.41) is 2.83. The summed E-state index contributed by atoms with van der Waals surface area (Å²) in [5.41, 5.74) is -0.529. The summed E-state index contributed by atoms with van der Waals surface area (Å²) >= 11 is 0. The fourth-order valence-electron chi connectivity index (χ4n) is 2.10. The Hall–Kier alpha value is -1.26. The minimum absolute atomic E-state index is 0.179. The van der Waals surface area contributed by atoms with Crippen LogP contribution >= 0.6 is 0 Å². The first kappa shape index (κ1) is 15.8. The number of nitrogens with one attached hydrogen (secondary N) is 1. The van der Waals surface area contributed by atoms with Gasteiger partial charge in [0.1, 0.15) is 11.7 Å². The first-order valence-corrected chi connectivity index (χ1v) is 6.86. The van der Waals surface area contributed by atoms with Gasteiger partial charge in [-0.2, -0.15) is 0 Å². The van der Waals surface area contributed by atoms with Crippen molar-refractivity contribution in [2.45, 2.75) is 71.6 Å². The van der Waals surface area contributed by atoms with E-state index in [-0.39, 0.29) is 18.1 Å². The van der Waals surface area contributed by atoms with Gasteiger partial charge in [-0.3, -0.25) is 4.79 Å². The van der Waals surface area contributed by atoms with E-state index in [4.69, 9.17) is 9.47 Å². The summed E-state index contributed by atoms with van der Waals surface area (Å²) < 4.78 is 10.5. The van der Waals surface area contributed by atoms with E-state index in [1.165, 1.54) is 0 Å². The number of hydrogen-bond acceptors (Lipinski definition) is 4. The van der Waals surface area contributed by atoms with Gasteiger partial charge in [-0.1, -0.05) is 13.8 Å². The van der Waals surface area contributed by atoms with Gasteiger partial charge in [0.15, 0.2) is 0 Å². The maximum absolute atomic E-state index is 11.8. The van der Waals surface area contributed by atoms with Crippen molar-refractivity contribution >= 4 is 12.1 Å². The van der Waals surface area contributed by atoms with E-state index in [1.807, 2.05) is 20.8 Å². The number of carbonyl (C=O) groups is 2. The first-order chi connectivity index (χ1) is 8.67. The Morgan fingerprint density at radius 2 is 2.11 bits per heavy atom. The lowest BCUT2D eigenvalue weighted by Crippen LogP contribution is -2.46. The Morgan fingerprint density at radius 3 is 2.53 bits per heavy atom. The van der Waals surface area contributed by atoms with Crippen LogP contribution in [0, 0.1) is 5.92 Å². The van der Waals surface area contributed by atoms with E-state index in [0.29, 0.717) is 18.8 Å². The largest absolute Gasteiger partial charge is 0.460 e. The van der Waals surface area contributed by atoms with E-state index in [9.17, 15) is 9.59 Å². The van der Waals surface area contributed by atoms with Gasteiger partial charge in [-0.15, -0.1) is 0 Å². The van der Waals surface area contributed by atoms with Crippen molar-refractivity contribution in [1.29, 1.82) is 0 Å². The van der Waals surface area contributed by atoms with Crippen LogP contribution in [0.3, 0.4) is 0 Å². The molecule has 0 aromatic heterocycles. The van der Waals surface area contributed by atoms with Crippen molar-refractivity contribution in [3.8, 4) is 0 Å². The third-order valence-corrected chi connectivity index (χ3v) is 2.79. The summed E-state index contributed by atoms with van der Waals surface area (Å²) in [6.07, 6.45) is 1.15. The highest BCUT2D eigenvalue weighted by Gasteiger charge is 2.33. The SMILES string of the molecule is CC(C)CC(NC(=O)OC(C)(C)C)[C@@H]1CCC(=O)O1. The zero-order valence-corrected chi connectivity index (χ0v) is 12.5. The number of carbonyl (C=O) groups excluding carboxylic acids is 2. The third-order valence-electron chi connectivity index (χ3n) is 2.79. The van der Waals surface area contributed by atoms with Crippen LogP contribution in [0.1, 0.15) is 53.9 Å². The van der Waals surface area contributed by atoms with Crippen molar-refractivity contribution < 1.29 is 19.1 Å². The fourth-order valence-corrected chi connectivity index (χ4v) is 2.10. The molecule has 1 heterocycles. The predicted molar refractivity (Wildman–Crippen MR) is 71.7 cm³/mol. The number of ether oxygens (including phenoxy) is 2. The third kappa shape index (κ3) is 5.94. The van der Waals surface area contributed by atoms with Crippen molar-refractivity contribution in [2.24, 2.45) is 5.92 Å². The molecule has 0 bridgehead atoms. The maximum atomic E-state index is 11.8. The van der Waals surface area contributed by atoms with Crippen molar-refractivity contribution in [3.05, 3.63) is 0 Å². The van der Waals surface area contributed by atoms with E-state index in [2.05, 4.69) is 19.2 Å². The molecule has 1 rings (SSSR count). The summed E-state index contributed by atoms with van der Waals surface area (Å²) in [6.45, 7) is 9.60. The Bertz CT molecular complexity index is 333. The molecule has 0 aromatic carbocycles. The summed E-state index contributed by atoms with van der Waals surface area (Å²) in [5.74, 6) is 0.212. The molecule has 1 fully saturated rings. The number of hydrogen-bond donors (Lipinski definition) is 1. The average molecular weight is 271 g/mol. The summed E-state index contributed by atoms with van der Waals surface area (Å²) in [7, 11) is 0. The monoisotopic (exact) mass is 271 g/mol. The van der Waals surface area contributed by atoms with Crippen molar-refractivity contribution in [3.63, 3.8) is 0 Å². The zero-order valence-electron chi connectivity index (χ0n) is 12.5. The quantitative estimate of drug-likeness (QED) is 0.798. The Kier molecular flexibility index (Phi) is 5.20. The molecule has 0 aliphatic carbocycles. The Labute approximate surface area is 115 Å². The van der Waals surface area contributed by atoms with E-state index in [0.717, 1.165) is 6.42 Å². The van der Waals surface area contributed by atoms with Crippen molar-refractivity contribution in [2.75, 3.05) is 0 Å². The van der Waals surface area contributed by atoms with Crippen LogP contribution < -0.4 is 5.32 Å². The standard InChI is InChI=1S/C14H25NO4/c1-9(2)8-10(11-6-7-12(16)18-11)15-13(17)19-14(3,4)5/h9-11H,6-8H2,1-5H3,(H,15,17)/t10?,11-/m0/s1. The lowest BCUT2D eigenvalue weighted by Gasteiger charge is -2.27. The van der Waals surface area contributed by atoms with Gasteiger partial charge in [0.2, 0.25) is 0 Å². The molecule has 110 valence electrons. The van der Waals surface area contributed by atoms with E-state index >= 15 is 0 Å². The van der Waals surface area contributed by atoms with Crippen LogP contribution in [0.4, 0.5) is 4.79 Å². The molecule has 1 amide bonds. The molecule has 1 aliphatic heterocycles. The molecule has 1 N–H and O–H groups in total. The molecular formula is C14H25NO4. The highest BCUT2D eigenvalue weighted by Crippen LogP contribution is 2.22. The van der Waals surface area contributed by atoms with Crippen LogP contribution in [-0.4, -0.2) is 29.8 Å². The fraction of sp³-hybridized carbons (Fsp3) is 0.857. The predicted octanol–water partition coefficient (Wildman–Crippen LogP) is 2.63. The highest BCUT2D eigenvalue weighted by molar-refractivity contribution is 5.72. The second-order valence-electron chi connectivity index (χ2n) is 6.45. The minimum atomic E-state index is -0.529. The van der Waals surface area contributed by atoms with Gasteiger partial charge < -0.3 is 14.8 Å². The van der Waals surface area contributed by atoms with Gasteiger partial charge in [-0.25, -0.2) is 4.79 Å². The number of alkyl carbamates (subject to hydrolysis) is 1. The molecular weight excluding hydrogens is 246 g/mol. The lowest BCUT2D eigenvalue weighted by atomic mass is 9.97. The summed E-state index contributed by atoms with van der Waals surface area (Å²) in [4.78, 5) is 23.0. The van der Waals surface area contributed by atoms with Crippen LogP contribution in [0.5, 0.6) is 0 Å². The molecule has 5 nitrogen and oxygen atoms in total. The van der Waals surface area contributed by atoms with Gasteiger partial charge in [0, 0.05) is 6.42 Å². The van der Waals surface area contributed by atoms with Gasteiger partial charge in [-0.05, 0) is 39.5 Å². The topological polar surface area (TPSA) is 64.6 Å². The Morgan fingerprint density at radius 1 is 1.47 bits per heavy atom. The van der Waals surface area contributed by atoms with Crippen LogP contribution in [0.2, 0.25) is 0 Å². The number of cyclic esters (lactones) is 1. The van der Waals surface area contributed by atoms with Gasteiger partial charge in [0.05, 0.1) is 6.04 Å². The molecule has 0 radical (unpaired) electrons. The molecule has 1 saturated heterocycles. The molecule has 19 heavy (non-hydrogen) atoms. The number of amides is 1. The smallest absolute Gasteiger partial charge is 0.408 e. The molecule has 1 aliphatic rings. The lowest BCUT2D eigenvalue weighted by molar-refractivity contribution is -0.142. The Balaban J connectivity index is 2.59. The molecule has 1 unspecified atom stereocenters. The first-order valence-electron chi connectivity index (χ1n) is 6.86. The molecule has 0 saturated carbocycles. The average Bonchev–Trinajstić information content (AvgIpc) is 2.60. The summed E-state index contributed by atoms with van der Waals surface area (Å²) in [6, 6.07) is -0.179. The van der Waals surface area contributed by atoms with Crippen molar-refractivity contribution in [1.82, 2.24) is 5.32 Å². The molecule has 0 spiro atoms. The normalized spacial score (nSPS) is 21.2. The van der Waals surface area contributed by atoms with Gasteiger partial charge >= 0.3 is 12.1 Å². The van der Waals surface area contributed by atoms with Crippen LogP contribution in [0.15, 0.2) is 0 Å². The number of esters is 1. The van der Waals surface area contributed by atoms with E-state index in [1.54, 1.807) is 0 Å². The van der Waals surface area contributed by atoms with Crippen LogP contribution in [0.25, 0.3) is 0 Å². The molecule has 5 heteroatoms. The van der Waals surface area contributed by atoms with Crippen LogP contribution in [-0.2, 0) is 14.3 Å². The molecule has 0 aromatic rings.